The van der Waals surface area contributed by atoms with Crippen LogP contribution in [0.25, 0.3) is 6.08 Å². The van der Waals surface area contributed by atoms with Gasteiger partial charge in [-0.3, -0.25) is 4.90 Å². The lowest BCUT2D eigenvalue weighted by molar-refractivity contribution is 0.198. The number of benzene rings is 1. The summed E-state index contributed by atoms with van der Waals surface area (Å²) in [6, 6.07) is 10.5. The molecule has 2 aromatic rings. The molecule has 4 nitrogen and oxygen atoms in total. The summed E-state index contributed by atoms with van der Waals surface area (Å²) >= 11 is 0. The second kappa shape index (κ2) is 7.36. The number of piperidine rings is 1. The average molecular weight is 296 g/mol. The second-order valence-corrected chi connectivity index (χ2v) is 6.12. The highest BCUT2D eigenvalue weighted by Gasteiger charge is 2.20. The van der Waals surface area contributed by atoms with Crippen molar-refractivity contribution in [3.05, 3.63) is 54.1 Å². The zero-order chi connectivity index (χ0) is 15.2. The Balaban J connectivity index is 1.42. The fourth-order valence-electron chi connectivity index (χ4n) is 3.03. The minimum Gasteiger partial charge on any atom is -0.321 e. The van der Waals surface area contributed by atoms with E-state index in [0.29, 0.717) is 0 Å². The normalized spacial score (nSPS) is 17.3. The average Bonchev–Trinajstić information content (AvgIpc) is 2.95. The van der Waals surface area contributed by atoms with E-state index in [1.807, 2.05) is 11.6 Å². The lowest BCUT2D eigenvalue weighted by Crippen LogP contribution is -2.34. The standard InChI is InChI=1S/C18H24N4/c1-21-15-19-20-18(21)14-17-9-12-22(13-10-17)11-5-8-16-6-3-2-4-7-16/h2-8,15,17H,9-14H2,1H3/b8-5+. The van der Waals surface area contributed by atoms with Gasteiger partial charge < -0.3 is 4.57 Å². The minimum absolute atomic E-state index is 0.747. The van der Waals surface area contributed by atoms with E-state index in [2.05, 4.69) is 57.6 Å². The maximum atomic E-state index is 4.20. The summed E-state index contributed by atoms with van der Waals surface area (Å²) < 4.78 is 2.04. The number of likely N-dealkylation sites (tertiary alicyclic amines) is 1. The van der Waals surface area contributed by atoms with Crippen molar-refractivity contribution < 1.29 is 0 Å². The monoisotopic (exact) mass is 296 g/mol. The van der Waals surface area contributed by atoms with E-state index in [-0.39, 0.29) is 0 Å². The van der Waals surface area contributed by atoms with Crippen molar-refractivity contribution in [3.63, 3.8) is 0 Å². The lowest BCUT2D eigenvalue weighted by Gasteiger charge is -2.30. The van der Waals surface area contributed by atoms with Gasteiger partial charge in [0, 0.05) is 20.0 Å². The van der Waals surface area contributed by atoms with Crippen LogP contribution in [0.3, 0.4) is 0 Å². The van der Waals surface area contributed by atoms with Crippen LogP contribution in [0.1, 0.15) is 24.2 Å². The Labute approximate surface area is 132 Å². The third-order valence-corrected chi connectivity index (χ3v) is 4.46. The smallest absolute Gasteiger partial charge is 0.132 e. The molecule has 4 heteroatoms. The van der Waals surface area contributed by atoms with E-state index in [4.69, 9.17) is 0 Å². The molecule has 1 fully saturated rings. The van der Waals surface area contributed by atoms with Gasteiger partial charge >= 0.3 is 0 Å². The van der Waals surface area contributed by atoms with Crippen molar-refractivity contribution in [1.82, 2.24) is 19.7 Å². The zero-order valence-electron chi connectivity index (χ0n) is 13.2. The van der Waals surface area contributed by atoms with E-state index >= 15 is 0 Å². The molecule has 1 aromatic carbocycles. The lowest BCUT2D eigenvalue weighted by atomic mass is 9.93. The summed E-state index contributed by atoms with van der Waals surface area (Å²) in [5, 5.41) is 8.17. The maximum absolute atomic E-state index is 4.20. The molecule has 2 heterocycles. The van der Waals surface area contributed by atoms with Gasteiger partial charge in [0.25, 0.3) is 0 Å². The molecule has 0 amide bonds. The van der Waals surface area contributed by atoms with Gasteiger partial charge in [0.15, 0.2) is 0 Å². The van der Waals surface area contributed by atoms with Gasteiger partial charge in [0.2, 0.25) is 0 Å². The van der Waals surface area contributed by atoms with Crippen LogP contribution in [0.4, 0.5) is 0 Å². The number of aromatic nitrogens is 3. The minimum atomic E-state index is 0.747. The van der Waals surface area contributed by atoms with Gasteiger partial charge in [-0.2, -0.15) is 0 Å². The largest absolute Gasteiger partial charge is 0.321 e. The molecule has 0 saturated carbocycles. The van der Waals surface area contributed by atoms with Gasteiger partial charge in [-0.25, -0.2) is 0 Å². The molecule has 3 rings (SSSR count). The summed E-state index contributed by atoms with van der Waals surface area (Å²) in [6.07, 6.45) is 9.85. The Morgan fingerprint density at radius 1 is 1.18 bits per heavy atom. The molecule has 0 unspecified atom stereocenters. The Hall–Kier alpha value is -1.94. The number of rotatable bonds is 5. The number of nitrogens with zero attached hydrogens (tertiary/aromatic N) is 4. The second-order valence-electron chi connectivity index (χ2n) is 6.12. The van der Waals surface area contributed by atoms with E-state index in [9.17, 15) is 0 Å². The van der Waals surface area contributed by atoms with Crippen LogP contribution in [0, 0.1) is 5.92 Å². The van der Waals surface area contributed by atoms with Crippen LogP contribution in [0.5, 0.6) is 0 Å². The summed E-state index contributed by atoms with van der Waals surface area (Å²) in [5.74, 6) is 1.86. The predicted octanol–water partition coefficient (Wildman–Crippen LogP) is 2.78. The van der Waals surface area contributed by atoms with E-state index in [1.54, 1.807) is 6.33 Å². The van der Waals surface area contributed by atoms with Crippen molar-refractivity contribution in [2.75, 3.05) is 19.6 Å². The Morgan fingerprint density at radius 3 is 2.64 bits per heavy atom. The van der Waals surface area contributed by atoms with Crippen LogP contribution in [-0.2, 0) is 13.5 Å². The van der Waals surface area contributed by atoms with Crippen LogP contribution < -0.4 is 0 Å². The maximum Gasteiger partial charge on any atom is 0.132 e. The molecule has 0 spiro atoms. The van der Waals surface area contributed by atoms with Crippen molar-refractivity contribution in [3.8, 4) is 0 Å². The molecule has 0 atom stereocenters. The van der Waals surface area contributed by atoms with Gasteiger partial charge in [0.1, 0.15) is 12.2 Å². The molecule has 22 heavy (non-hydrogen) atoms. The summed E-state index contributed by atoms with van der Waals surface area (Å²) in [7, 11) is 2.03. The first kappa shape index (κ1) is 15.0. The zero-order valence-corrected chi connectivity index (χ0v) is 13.2. The third-order valence-electron chi connectivity index (χ3n) is 4.46. The fourth-order valence-corrected chi connectivity index (χ4v) is 3.03. The molecule has 1 aliphatic heterocycles. The quantitative estimate of drug-likeness (QED) is 0.851. The molecule has 0 N–H and O–H groups in total. The number of aryl methyl sites for hydroxylation is 1. The molecular weight excluding hydrogens is 272 g/mol. The van der Waals surface area contributed by atoms with Crippen LogP contribution >= 0.6 is 0 Å². The Kier molecular flexibility index (Phi) is 5.01. The molecule has 1 saturated heterocycles. The SMILES string of the molecule is Cn1cnnc1CC1CCN(C/C=C/c2ccccc2)CC1. The molecule has 1 aromatic heterocycles. The molecule has 0 aliphatic carbocycles. The van der Waals surface area contributed by atoms with Crippen molar-refractivity contribution in [2.24, 2.45) is 13.0 Å². The topological polar surface area (TPSA) is 34.0 Å². The van der Waals surface area contributed by atoms with Crippen molar-refractivity contribution in [1.29, 1.82) is 0 Å². The summed E-state index contributed by atoms with van der Waals surface area (Å²) in [6.45, 7) is 3.41. The molecule has 0 radical (unpaired) electrons. The van der Waals surface area contributed by atoms with Crippen molar-refractivity contribution in [2.45, 2.75) is 19.3 Å². The summed E-state index contributed by atoms with van der Waals surface area (Å²) in [5.41, 5.74) is 1.28. The molecule has 0 bridgehead atoms. The van der Waals surface area contributed by atoms with E-state index in [0.717, 1.165) is 24.7 Å². The molecule has 1 aliphatic rings. The first-order valence-corrected chi connectivity index (χ1v) is 8.08. The van der Waals surface area contributed by atoms with Crippen LogP contribution in [-0.4, -0.2) is 39.3 Å². The first-order chi connectivity index (χ1) is 10.8. The highest BCUT2D eigenvalue weighted by molar-refractivity contribution is 5.48. The van der Waals surface area contributed by atoms with E-state index in [1.165, 1.54) is 31.5 Å². The summed E-state index contributed by atoms with van der Waals surface area (Å²) in [4.78, 5) is 2.53. The van der Waals surface area contributed by atoms with Gasteiger partial charge in [0.05, 0.1) is 0 Å². The fraction of sp³-hybridized carbons (Fsp3) is 0.444. The highest BCUT2D eigenvalue weighted by atomic mass is 15.2. The highest BCUT2D eigenvalue weighted by Crippen LogP contribution is 2.20. The Morgan fingerprint density at radius 2 is 1.95 bits per heavy atom. The van der Waals surface area contributed by atoms with Gasteiger partial charge in [-0.1, -0.05) is 42.5 Å². The number of hydrogen-bond acceptors (Lipinski definition) is 3. The van der Waals surface area contributed by atoms with Crippen LogP contribution in [0.2, 0.25) is 0 Å². The Bertz CT molecular complexity index is 595. The van der Waals surface area contributed by atoms with Crippen molar-refractivity contribution >= 4 is 6.08 Å². The predicted molar refractivity (Wildman–Crippen MR) is 89.3 cm³/mol. The van der Waals surface area contributed by atoms with Gasteiger partial charge in [-0.15, -0.1) is 10.2 Å². The van der Waals surface area contributed by atoms with Gasteiger partial charge in [-0.05, 0) is 37.4 Å². The molecule has 116 valence electrons. The molecular formula is C18H24N4. The number of hydrogen-bond donors (Lipinski definition) is 0. The van der Waals surface area contributed by atoms with E-state index < -0.39 is 0 Å². The first-order valence-electron chi connectivity index (χ1n) is 8.08. The van der Waals surface area contributed by atoms with Crippen LogP contribution in [0.15, 0.2) is 42.7 Å². The third kappa shape index (κ3) is 4.04.